The van der Waals surface area contributed by atoms with Gasteiger partial charge in [0.2, 0.25) is 0 Å². The molecule has 0 spiro atoms. The highest BCUT2D eigenvalue weighted by Crippen LogP contribution is 2.19. The molecule has 0 fully saturated rings. The Balaban J connectivity index is 3.00. The van der Waals surface area contributed by atoms with E-state index in [0.29, 0.717) is 11.4 Å². The monoisotopic (exact) mass is 291 g/mol. The van der Waals surface area contributed by atoms with Gasteiger partial charge < -0.3 is 15.0 Å². The maximum atomic E-state index is 11.9. The van der Waals surface area contributed by atoms with Crippen molar-refractivity contribution >= 4 is 23.1 Å². The molecule has 112 valence electrons. The van der Waals surface area contributed by atoms with Gasteiger partial charge in [0, 0.05) is 7.05 Å². The van der Waals surface area contributed by atoms with Crippen molar-refractivity contribution in [3.8, 4) is 5.75 Å². The van der Waals surface area contributed by atoms with Crippen LogP contribution in [0.25, 0.3) is 0 Å². The zero-order chi connectivity index (χ0) is 15.8. The van der Waals surface area contributed by atoms with Crippen LogP contribution in [0.2, 0.25) is 0 Å². The lowest BCUT2D eigenvalue weighted by molar-refractivity contribution is -0.116. The fourth-order valence-electron chi connectivity index (χ4n) is 1.36. The molecule has 1 aromatic rings. The zero-order valence-corrected chi connectivity index (χ0v) is 12.3. The summed E-state index contributed by atoms with van der Waals surface area (Å²) in [5, 5.41) is 9.85. The average molecular weight is 291 g/mol. The molecule has 0 aliphatic carbocycles. The first-order chi connectivity index (χ1) is 10.0. The van der Waals surface area contributed by atoms with Crippen molar-refractivity contribution in [1.29, 1.82) is 0 Å². The highest BCUT2D eigenvalue weighted by molar-refractivity contribution is 6.43. The minimum Gasteiger partial charge on any atom is -0.399 e. The van der Waals surface area contributed by atoms with E-state index in [1.807, 2.05) is 0 Å². The molecule has 1 aromatic carbocycles. The second-order valence-electron chi connectivity index (χ2n) is 4.03. The largest absolute Gasteiger partial charge is 0.399 e. The maximum absolute atomic E-state index is 11.9. The van der Waals surface area contributed by atoms with Gasteiger partial charge >= 0.3 is 0 Å². The molecule has 21 heavy (non-hydrogen) atoms. The summed E-state index contributed by atoms with van der Waals surface area (Å²) < 4.78 is 0. The average Bonchev–Trinajstić information content (AvgIpc) is 2.51. The van der Waals surface area contributed by atoms with Gasteiger partial charge in [0.25, 0.3) is 11.7 Å². The summed E-state index contributed by atoms with van der Waals surface area (Å²) in [6.07, 6.45) is 0. The molecule has 1 amide bonds. The zero-order valence-electron chi connectivity index (χ0n) is 12.3. The fourth-order valence-corrected chi connectivity index (χ4v) is 1.36. The molecule has 7 heteroatoms. The molecule has 0 heterocycles. The van der Waals surface area contributed by atoms with E-state index in [-0.39, 0.29) is 11.3 Å². The second kappa shape index (κ2) is 7.78. The van der Waals surface area contributed by atoms with E-state index >= 15 is 0 Å². The number of nitrogens with zero attached hydrogens (tertiary/aromatic N) is 2. The van der Waals surface area contributed by atoms with Crippen molar-refractivity contribution < 1.29 is 19.3 Å². The van der Waals surface area contributed by atoms with Crippen LogP contribution in [0.15, 0.2) is 34.6 Å². The van der Waals surface area contributed by atoms with Gasteiger partial charge in [0.15, 0.2) is 5.75 Å². The van der Waals surface area contributed by atoms with E-state index < -0.39 is 11.7 Å². The molecule has 0 aliphatic heterocycles. The van der Waals surface area contributed by atoms with Gasteiger partial charge in [-0.25, -0.2) is 0 Å². The van der Waals surface area contributed by atoms with Gasteiger partial charge in [0.1, 0.15) is 18.5 Å². The molecule has 0 aliphatic rings. The van der Waals surface area contributed by atoms with Crippen molar-refractivity contribution in [3.05, 3.63) is 29.8 Å². The Hall–Kier alpha value is -2.70. The quantitative estimate of drug-likeness (QED) is 0.371. The third-order valence-electron chi connectivity index (χ3n) is 2.60. The lowest BCUT2D eigenvalue weighted by Crippen LogP contribution is -2.27. The molecule has 0 unspecified atom stereocenters. The Kier molecular flexibility index (Phi) is 6.06. The van der Waals surface area contributed by atoms with Gasteiger partial charge in [-0.2, -0.15) is 0 Å². The highest BCUT2D eigenvalue weighted by atomic mass is 16.6. The van der Waals surface area contributed by atoms with Crippen LogP contribution in [0.4, 0.5) is 0 Å². The van der Waals surface area contributed by atoms with Crippen molar-refractivity contribution in [1.82, 2.24) is 5.32 Å². The number of likely N-dealkylation sites (N-methyl/N-ethyl adjacent to an activating group) is 1. The summed E-state index contributed by atoms with van der Waals surface area (Å²) in [5.41, 5.74) is 1.15. The predicted octanol–water partition coefficient (Wildman–Crippen LogP) is 1.39. The summed E-state index contributed by atoms with van der Waals surface area (Å²) in [6.45, 7) is 3.38. The molecule has 0 atom stereocenters. The Morgan fingerprint density at radius 2 is 1.71 bits per heavy atom. The van der Waals surface area contributed by atoms with Gasteiger partial charge in [-0.3, -0.25) is 9.59 Å². The third kappa shape index (κ3) is 4.41. The van der Waals surface area contributed by atoms with Gasteiger partial charge in [0.05, 0.1) is 5.56 Å². The van der Waals surface area contributed by atoms with E-state index in [0.717, 1.165) is 0 Å². The van der Waals surface area contributed by atoms with E-state index in [1.165, 1.54) is 20.2 Å². The normalized spacial score (nSPS) is 11.8. The summed E-state index contributed by atoms with van der Waals surface area (Å²) in [7, 11) is 2.81. The first-order valence-corrected chi connectivity index (χ1v) is 6.16. The minimum atomic E-state index is -0.719. The van der Waals surface area contributed by atoms with Gasteiger partial charge in [-0.15, -0.1) is 0 Å². The standard InChI is InChI=1S/C14H17N3O4/c1-9(16-20-4)10(2)17-21-12-8-6-5-7-11(12)13(18)14(19)15-3/h5-8H,1-4H3,(H,15,19). The number of benzene rings is 1. The first kappa shape index (κ1) is 16.4. The highest BCUT2D eigenvalue weighted by Gasteiger charge is 2.19. The summed E-state index contributed by atoms with van der Waals surface area (Å²) in [6, 6.07) is 6.36. The number of para-hydroxylation sites is 1. The molecule has 7 nitrogen and oxygen atoms in total. The molecule has 1 N–H and O–H groups in total. The van der Waals surface area contributed by atoms with Crippen LogP contribution in [-0.2, 0) is 9.63 Å². The van der Waals surface area contributed by atoms with Crippen LogP contribution in [0, 0.1) is 0 Å². The molecule has 0 saturated heterocycles. The van der Waals surface area contributed by atoms with Crippen LogP contribution in [0.5, 0.6) is 5.75 Å². The van der Waals surface area contributed by atoms with Crippen molar-refractivity contribution in [2.45, 2.75) is 13.8 Å². The Bertz CT molecular complexity index is 594. The number of oxime groups is 2. The molecule has 0 saturated carbocycles. The number of amides is 1. The van der Waals surface area contributed by atoms with Gasteiger partial charge in [-0.05, 0) is 26.0 Å². The predicted molar refractivity (Wildman–Crippen MR) is 78.7 cm³/mol. The van der Waals surface area contributed by atoms with E-state index in [4.69, 9.17) is 4.84 Å². The minimum absolute atomic E-state index is 0.134. The topological polar surface area (TPSA) is 89.4 Å². The van der Waals surface area contributed by atoms with E-state index in [2.05, 4.69) is 20.5 Å². The number of ketones is 1. The number of nitrogens with one attached hydrogen (secondary N) is 1. The van der Waals surface area contributed by atoms with Gasteiger partial charge in [-0.1, -0.05) is 22.4 Å². The summed E-state index contributed by atoms with van der Waals surface area (Å²) >= 11 is 0. The van der Waals surface area contributed by atoms with Crippen LogP contribution in [0.3, 0.4) is 0 Å². The number of hydrogen-bond acceptors (Lipinski definition) is 6. The summed E-state index contributed by atoms with van der Waals surface area (Å²) in [5.74, 6) is -1.22. The van der Waals surface area contributed by atoms with E-state index in [9.17, 15) is 9.59 Å². The Labute approximate surface area is 122 Å². The number of carbonyl (C=O) groups excluding carboxylic acids is 2. The lowest BCUT2D eigenvalue weighted by atomic mass is 10.1. The SMILES string of the molecule is CNC(=O)C(=O)c1ccccc1ON=C(C)C(C)=NOC. The van der Waals surface area contributed by atoms with E-state index in [1.54, 1.807) is 32.0 Å². The van der Waals surface area contributed by atoms with Crippen LogP contribution >= 0.6 is 0 Å². The number of carbonyl (C=O) groups is 2. The van der Waals surface area contributed by atoms with Crippen molar-refractivity contribution in [2.75, 3.05) is 14.2 Å². The van der Waals surface area contributed by atoms with Crippen LogP contribution in [-0.4, -0.2) is 37.3 Å². The molecule has 1 rings (SSSR count). The van der Waals surface area contributed by atoms with Crippen molar-refractivity contribution in [2.24, 2.45) is 10.3 Å². The van der Waals surface area contributed by atoms with Crippen LogP contribution in [0.1, 0.15) is 24.2 Å². The Morgan fingerprint density at radius 1 is 1.10 bits per heavy atom. The summed E-state index contributed by atoms with van der Waals surface area (Å²) in [4.78, 5) is 33.2. The number of Topliss-reactive ketones (excluding diaryl/α,β-unsaturated/α-hetero) is 1. The maximum Gasteiger partial charge on any atom is 0.292 e. The van der Waals surface area contributed by atoms with Crippen molar-refractivity contribution in [3.63, 3.8) is 0 Å². The second-order valence-corrected chi connectivity index (χ2v) is 4.03. The number of hydrogen-bond donors (Lipinski definition) is 1. The molecular formula is C14H17N3O4. The Morgan fingerprint density at radius 3 is 2.33 bits per heavy atom. The molecular weight excluding hydrogens is 274 g/mol. The van der Waals surface area contributed by atoms with Crippen LogP contribution < -0.4 is 10.2 Å². The first-order valence-electron chi connectivity index (χ1n) is 6.16. The lowest BCUT2D eigenvalue weighted by Gasteiger charge is -2.06. The number of rotatable bonds is 6. The molecule has 0 radical (unpaired) electrons. The molecule has 0 aromatic heterocycles. The molecule has 0 bridgehead atoms. The fraction of sp³-hybridized carbons (Fsp3) is 0.286. The smallest absolute Gasteiger partial charge is 0.292 e. The third-order valence-corrected chi connectivity index (χ3v) is 2.60.